The summed E-state index contributed by atoms with van der Waals surface area (Å²) >= 11 is 0. The lowest BCUT2D eigenvalue weighted by atomic mass is 9.57. The van der Waals surface area contributed by atoms with Crippen LogP contribution in [-0.2, 0) is 25.6 Å². The molecule has 0 saturated heterocycles. The number of carbonyl (C=O) groups excluding carboxylic acids is 4. The van der Waals surface area contributed by atoms with E-state index < -0.39 is 63.8 Å². The van der Waals surface area contributed by atoms with Crippen molar-refractivity contribution < 1.29 is 39.6 Å². The number of phenols is 1. The van der Waals surface area contributed by atoms with Crippen LogP contribution < -0.4 is 10.2 Å². The summed E-state index contributed by atoms with van der Waals surface area (Å²) in [7, 11) is 3.57. The van der Waals surface area contributed by atoms with Crippen LogP contribution in [-0.4, -0.2) is 69.4 Å². The number of hydrogen-bond donors (Lipinski definition) is 5. The van der Waals surface area contributed by atoms with E-state index in [1.807, 2.05) is 0 Å². The van der Waals surface area contributed by atoms with E-state index in [1.165, 1.54) is 6.07 Å². The minimum absolute atomic E-state index is 0.0495. The number of Topliss-reactive ketones (excluding diaryl/α,β-unsaturated/α-hetero) is 3. The summed E-state index contributed by atoms with van der Waals surface area (Å²) < 4.78 is 0. The van der Waals surface area contributed by atoms with Crippen LogP contribution in [0.25, 0.3) is 5.76 Å². The van der Waals surface area contributed by atoms with Crippen molar-refractivity contribution in [3.8, 4) is 5.75 Å². The van der Waals surface area contributed by atoms with Crippen molar-refractivity contribution in [2.45, 2.75) is 38.3 Å². The third-order valence-corrected chi connectivity index (χ3v) is 7.00. The van der Waals surface area contributed by atoms with Gasteiger partial charge < -0.3 is 30.6 Å². The second kappa shape index (κ2) is 7.69. The fraction of sp³-hybridized carbons (Fsp3) is 0.417. The summed E-state index contributed by atoms with van der Waals surface area (Å²) in [4.78, 5) is 52.5. The number of anilines is 1. The second-order valence-corrected chi connectivity index (χ2v) is 9.28. The minimum atomic E-state index is -2.71. The van der Waals surface area contributed by atoms with Gasteiger partial charge in [-0.3, -0.25) is 19.2 Å². The van der Waals surface area contributed by atoms with Crippen molar-refractivity contribution in [2.24, 2.45) is 11.8 Å². The molecule has 1 fully saturated rings. The number of hydrogen-bond acceptors (Lipinski definition) is 9. The highest BCUT2D eigenvalue weighted by Crippen LogP contribution is 2.53. The van der Waals surface area contributed by atoms with Gasteiger partial charge in [0.25, 0.3) is 0 Å². The molecule has 1 unspecified atom stereocenters. The highest BCUT2D eigenvalue weighted by atomic mass is 16.3. The number of aromatic hydroxyl groups is 1. The molecule has 10 nitrogen and oxygen atoms in total. The lowest BCUT2D eigenvalue weighted by molar-refractivity contribution is -0.151. The van der Waals surface area contributed by atoms with Gasteiger partial charge in [0.05, 0.1) is 11.6 Å². The van der Waals surface area contributed by atoms with Crippen LogP contribution in [0.5, 0.6) is 5.75 Å². The zero-order chi connectivity index (χ0) is 25.3. The van der Waals surface area contributed by atoms with Crippen LogP contribution in [0.4, 0.5) is 5.69 Å². The molecule has 5 N–H and O–H groups in total. The van der Waals surface area contributed by atoms with E-state index in [-0.39, 0.29) is 29.7 Å². The summed E-state index contributed by atoms with van der Waals surface area (Å²) in [6.45, 7) is 2.16. The molecule has 4 atom stereocenters. The number of amides is 1. The Bertz CT molecular complexity index is 1230. The zero-order valence-electron chi connectivity index (χ0n) is 19.2. The topological polar surface area (TPSA) is 164 Å². The van der Waals surface area contributed by atoms with E-state index in [4.69, 9.17) is 0 Å². The molecular formula is C24H26N2O8. The molecule has 180 valence electrons. The van der Waals surface area contributed by atoms with Gasteiger partial charge in [-0.2, -0.15) is 0 Å². The van der Waals surface area contributed by atoms with Gasteiger partial charge in [-0.15, -0.1) is 0 Å². The van der Waals surface area contributed by atoms with E-state index in [0.29, 0.717) is 11.3 Å². The SMILES string of the molecule is CC(=O)NC1C(=O)C(C(C)=O)=C(O)[C@@]2(O)C(=O)C3=C(O)c4c(O)ccc(N(C)C)c4C[C@H]3C[C@@H]12. The normalized spacial score (nSPS) is 28.2. The van der Waals surface area contributed by atoms with Gasteiger partial charge in [0.15, 0.2) is 17.2 Å². The first-order chi connectivity index (χ1) is 15.8. The molecule has 3 aliphatic rings. The predicted octanol–water partition coefficient (Wildman–Crippen LogP) is 0.708. The van der Waals surface area contributed by atoms with E-state index in [0.717, 1.165) is 13.8 Å². The Morgan fingerprint density at radius 2 is 1.76 bits per heavy atom. The van der Waals surface area contributed by atoms with E-state index >= 15 is 0 Å². The number of fused-ring (bicyclic) bond motifs is 3. The Morgan fingerprint density at radius 3 is 2.32 bits per heavy atom. The van der Waals surface area contributed by atoms with Gasteiger partial charge in [-0.1, -0.05) is 0 Å². The summed E-state index contributed by atoms with van der Waals surface area (Å²) in [6, 6.07) is 1.63. The fourth-order valence-corrected chi connectivity index (χ4v) is 5.57. The monoisotopic (exact) mass is 470 g/mol. The zero-order valence-corrected chi connectivity index (χ0v) is 19.2. The average Bonchev–Trinajstić information content (AvgIpc) is 2.73. The summed E-state index contributed by atoms with van der Waals surface area (Å²) in [6.07, 6.45) is 0.134. The van der Waals surface area contributed by atoms with Crippen molar-refractivity contribution >= 4 is 34.7 Å². The second-order valence-electron chi connectivity index (χ2n) is 9.28. The van der Waals surface area contributed by atoms with E-state index in [2.05, 4.69) is 5.32 Å². The molecule has 1 saturated carbocycles. The maximum Gasteiger partial charge on any atom is 0.217 e. The molecule has 0 aromatic heterocycles. The number of benzene rings is 1. The number of phenolic OH excluding ortho intramolecular Hbond substituents is 1. The first-order valence-corrected chi connectivity index (χ1v) is 10.8. The summed E-state index contributed by atoms with van der Waals surface area (Å²) in [5.41, 5.74) is -2.35. The van der Waals surface area contributed by atoms with Crippen LogP contribution in [0, 0.1) is 11.8 Å². The van der Waals surface area contributed by atoms with Crippen molar-refractivity contribution in [1.29, 1.82) is 0 Å². The lowest BCUT2D eigenvalue weighted by Gasteiger charge is -2.49. The standard InChI is InChI=1S/C24H26N2O8/c1-9(27)16-21(31)19(25-10(2)28)13-8-11-7-12-14(26(3)4)5-6-15(29)18(12)20(30)17(11)23(33)24(13,34)22(16)32/h5-6,11,13,19,29-30,32,34H,7-8H2,1-4H3,(H,25,28)/t11-,13-,19?,24+/m0/s1. The maximum atomic E-state index is 13.7. The van der Waals surface area contributed by atoms with Gasteiger partial charge in [0, 0.05) is 38.2 Å². The average molecular weight is 470 g/mol. The van der Waals surface area contributed by atoms with Crippen molar-refractivity contribution in [3.05, 3.63) is 40.2 Å². The van der Waals surface area contributed by atoms with Crippen molar-refractivity contribution in [1.82, 2.24) is 5.32 Å². The number of aliphatic hydroxyl groups excluding tert-OH is 2. The highest BCUT2D eigenvalue weighted by molar-refractivity contribution is 6.25. The van der Waals surface area contributed by atoms with Crippen LogP contribution in [0.1, 0.15) is 31.4 Å². The van der Waals surface area contributed by atoms with Crippen LogP contribution in [0.2, 0.25) is 0 Å². The first kappa shape index (κ1) is 23.5. The van der Waals surface area contributed by atoms with Crippen molar-refractivity contribution in [2.75, 3.05) is 19.0 Å². The van der Waals surface area contributed by atoms with Gasteiger partial charge in [-0.25, -0.2) is 0 Å². The van der Waals surface area contributed by atoms with Gasteiger partial charge in [0.1, 0.15) is 22.8 Å². The Kier molecular flexibility index (Phi) is 5.32. The number of aliphatic hydroxyl groups is 3. The molecule has 0 radical (unpaired) electrons. The fourth-order valence-electron chi connectivity index (χ4n) is 5.57. The number of carbonyl (C=O) groups is 4. The smallest absolute Gasteiger partial charge is 0.217 e. The highest BCUT2D eigenvalue weighted by Gasteiger charge is 2.63. The minimum Gasteiger partial charge on any atom is -0.508 e. The molecule has 1 aromatic rings. The van der Waals surface area contributed by atoms with Crippen molar-refractivity contribution in [3.63, 3.8) is 0 Å². The van der Waals surface area contributed by atoms with Crippen LogP contribution in [0.15, 0.2) is 29.0 Å². The first-order valence-electron chi connectivity index (χ1n) is 10.8. The van der Waals surface area contributed by atoms with Crippen LogP contribution in [0.3, 0.4) is 0 Å². The molecule has 10 heteroatoms. The van der Waals surface area contributed by atoms with E-state index in [1.54, 1.807) is 25.1 Å². The van der Waals surface area contributed by atoms with Gasteiger partial charge >= 0.3 is 0 Å². The van der Waals surface area contributed by atoms with Crippen LogP contribution >= 0.6 is 0 Å². The predicted molar refractivity (Wildman–Crippen MR) is 120 cm³/mol. The number of ketones is 3. The number of nitrogens with one attached hydrogen (secondary N) is 1. The molecule has 0 aliphatic heterocycles. The Hall–Kier alpha value is -3.66. The molecule has 3 aliphatic carbocycles. The lowest BCUT2D eigenvalue weighted by Crippen LogP contribution is -2.66. The Balaban J connectivity index is 1.98. The summed E-state index contributed by atoms with van der Waals surface area (Å²) in [5, 5.41) is 46.4. The molecule has 1 amide bonds. The molecule has 0 heterocycles. The maximum absolute atomic E-state index is 13.7. The van der Waals surface area contributed by atoms with E-state index in [9.17, 15) is 39.6 Å². The third kappa shape index (κ3) is 3.05. The molecule has 1 aromatic carbocycles. The molecule has 4 rings (SSSR count). The molecular weight excluding hydrogens is 444 g/mol. The largest absolute Gasteiger partial charge is 0.508 e. The Morgan fingerprint density at radius 1 is 1.12 bits per heavy atom. The summed E-state index contributed by atoms with van der Waals surface area (Å²) in [5.74, 6) is -7.29. The Labute approximate surface area is 195 Å². The number of rotatable bonds is 3. The quantitative estimate of drug-likeness (QED) is 0.400. The number of nitrogens with zero attached hydrogens (tertiary/aromatic N) is 1. The molecule has 0 spiro atoms. The molecule has 34 heavy (non-hydrogen) atoms. The van der Waals surface area contributed by atoms with Gasteiger partial charge in [0.2, 0.25) is 11.7 Å². The molecule has 0 bridgehead atoms. The van der Waals surface area contributed by atoms with Gasteiger partial charge in [-0.05, 0) is 43.4 Å². The third-order valence-electron chi connectivity index (χ3n) is 7.00.